The Balaban J connectivity index is 0.000000159. The molecule has 0 spiro atoms. The van der Waals surface area contributed by atoms with Crippen LogP contribution in [0.25, 0.3) is 43.6 Å². The number of carbonyl (C=O) groups is 2. The molecule has 51 heavy (non-hydrogen) atoms. The molecule has 14 heteroatoms. The van der Waals surface area contributed by atoms with Crippen LogP contribution < -0.4 is 5.32 Å². The number of alkyl halides is 1. The van der Waals surface area contributed by atoms with Gasteiger partial charge < -0.3 is 34.5 Å². The summed E-state index contributed by atoms with van der Waals surface area (Å²) >= 11 is 0. The van der Waals surface area contributed by atoms with Crippen LogP contribution in [-0.2, 0) is 17.9 Å². The minimum Gasteiger partial charge on any atom is -0.389 e. The highest BCUT2D eigenvalue weighted by Gasteiger charge is 2.32. The Labute approximate surface area is 288 Å². The molecule has 2 aromatic heterocycles. The summed E-state index contributed by atoms with van der Waals surface area (Å²) in [7, 11) is 0. The van der Waals surface area contributed by atoms with Gasteiger partial charge in [0.05, 0.1) is 31.8 Å². The number of likely N-dealkylation sites (tertiary alicyclic amines) is 1. The normalized spacial score (nSPS) is 17.5. The van der Waals surface area contributed by atoms with Gasteiger partial charge in [-0.2, -0.15) is 0 Å². The number of hydrogen-bond donors (Lipinski definition) is 3. The maximum absolute atomic E-state index is 13.7. The van der Waals surface area contributed by atoms with E-state index in [-0.39, 0.29) is 45.2 Å². The van der Waals surface area contributed by atoms with Gasteiger partial charge in [0.25, 0.3) is 5.91 Å². The first-order valence-corrected chi connectivity index (χ1v) is 16.5. The van der Waals surface area contributed by atoms with Crippen molar-refractivity contribution in [2.24, 2.45) is 0 Å². The summed E-state index contributed by atoms with van der Waals surface area (Å²) in [4.78, 5) is 26.2. The van der Waals surface area contributed by atoms with Gasteiger partial charge in [-0.25, -0.2) is 26.7 Å². The molecule has 0 aliphatic carbocycles. The van der Waals surface area contributed by atoms with Crippen molar-refractivity contribution in [2.75, 3.05) is 32.7 Å². The number of fused-ring (bicyclic) bond motifs is 6. The van der Waals surface area contributed by atoms with Crippen LogP contribution in [0.4, 0.5) is 26.7 Å². The van der Waals surface area contributed by atoms with Crippen molar-refractivity contribution < 1.29 is 41.8 Å². The fraction of sp³-hybridized carbons (Fsp3) is 0.297. The van der Waals surface area contributed by atoms with E-state index in [1.54, 1.807) is 33.7 Å². The third-order valence-electron chi connectivity index (χ3n) is 9.40. The molecule has 266 valence electrons. The molecule has 0 bridgehead atoms. The van der Waals surface area contributed by atoms with Crippen LogP contribution in [-0.4, -0.2) is 92.2 Å². The van der Waals surface area contributed by atoms with E-state index in [9.17, 15) is 41.8 Å². The first kappa shape index (κ1) is 34.2. The van der Waals surface area contributed by atoms with Gasteiger partial charge in [0.1, 0.15) is 23.3 Å². The number of aromatic nitrogens is 2. The molecule has 0 saturated carbocycles. The zero-order valence-electron chi connectivity index (χ0n) is 27.2. The van der Waals surface area contributed by atoms with Gasteiger partial charge in [0, 0.05) is 76.2 Å². The minimum atomic E-state index is -1.50. The van der Waals surface area contributed by atoms with Gasteiger partial charge in [-0.3, -0.25) is 4.79 Å². The van der Waals surface area contributed by atoms with Gasteiger partial charge in [-0.1, -0.05) is 0 Å². The largest absolute Gasteiger partial charge is 0.389 e. The van der Waals surface area contributed by atoms with Gasteiger partial charge in [-0.05, 0) is 72.8 Å². The average Bonchev–Trinajstić information content (AvgIpc) is 3.81. The summed E-state index contributed by atoms with van der Waals surface area (Å²) in [5.74, 6) is -2.26. The average molecular weight is 708 g/mol. The van der Waals surface area contributed by atoms with Crippen LogP contribution in [0.15, 0.2) is 72.8 Å². The molecular formula is C37H34F5N5O4. The Morgan fingerprint density at radius 3 is 1.33 bits per heavy atom. The van der Waals surface area contributed by atoms with Crippen LogP contribution in [0.1, 0.15) is 6.42 Å². The topological polar surface area (TPSA) is 103 Å². The van der Waals surface area contributed by atoms with Crippen molar-refractivity contribution in [1.82, 2.24) is 24.3 Å². The second-order valence-electron chi connectivity index (χ2n) is 12.9. The Morgan fingerprint density at radius 1 is 0.608 bits per heavy atom. The van der Waals surface area contributed by atoms with Crippen molar-refractivity contribution in [3.63, 3.8) is 0 Å². The number of rotatable bonds is 8. The van der Waals surface area contributed by atoms with E-state index in [0.29, 0.717) is 56.7 Å². The highest BCUT2D eigenvalue weighted by Crippen LogP contribution is 2.32. The summed E-state index contributed by atoms with van der Waals surface area (Å²) in [6, 6.07) is 16.9. The first-order chi connectivity index (χ1) is 24.5. The Morgan fingerprint density at radius 2 is 1.00 bits per heavy atom. The summed E-state index contributed by atoms with van der Waals surface area (Å²) < 4.78 is 71.5. The lowest BCUT2D eigenvalue weighted by Gasteiger charge is -2.21. The first-order valence-electron chi connectivity index (χ1n) is 16.5. The molecule has 2 fully saturated rings. The molecule has 3 atom stereocenters. The molecule has 0 unspecified atom stereocenters. The maximum atomic E-state index is 13.7. The summed E-state index contributed by atoms with van der Waals surface area (Å²) in [5, 5.41) is 25.8. The summed E-state index contributed by atoms with van der Waals surface area (Å²) in [5.41, 5.74) is 2.74. The van der Waals surface area contributed by atoms with Crippen molar-refractivity contribution in [3.8, 4) is 0 Å². The van der Waals surface area contributed by atoms with Gasteiger partial charge in [0.15, 0.2) is 6.17 Å². The van der Waals surface area contributed by atoms with Crippen LogP contribution >= 0.6 is 0 Å². The summed E-state index contributed by atoms with van der Waals surface area (Å²) in [6.45, 7) is 1.97. The minimum absolute atomic E-state index is 0.0167. The lowest BCUT2D eigenvalue weighted by atomic mass is 10.1. The maximum Gasteiger partial charge on any atom is 0.317 e. The van der Waals surface area contributed by atoms with Crippen LogP contribution in [0.3, 0.4) is 0 Å². The van der Waals surface area contributed by atoms with E-state index in [1.807, 2.05) is 4.57 Å². The number of halogens is 5. The monoisotopic (exact) mass is 707 g/mol. The highest BCUT2D eigenvalue weighted by molar-refractivity contribution is 6.09. The zero-order valence-corrected chi connectivity index (χ0v) is 27.2. The SMILES string of the molecule is O=C1NCCN1C[C@H](O)Cn1c2ccc(F)cc2c2cc(F)ccc21.O=C1[C@H](F)CCN1C[C@H](O)Cn1c2ccc(F)cc2c2cc(F)ccc21. The Kier molecular flexibility index (Phi) is 9.29. The second-order valence-corrected chi connectivity index (χ2v) is 12.9. The molecule has 2 aliphatic rings. The lowest BCUT2D eigenvalue weighted by Crippen LogP contribution is -2.37. The number of aliphatic hydroxyl groups is 2. The number of aliphatic hydroxyl groups excluding tert-OH is 2. The number of benzene rings is 4. The molecule has 3 N–H and O–H groups in total. The fourth-order valence-corrected chi connectivity index (χ4v) is 7.10. The highest BCUT2D eigenvalue weighted by atomic mass is 19.1. The molecule has 0 radical (unpaired) electrons. The van der Waals surface area contributed by atoms with Gasteiger partial charge in [0.2, 0.25) is 0 Å². The van der Waals surface area contributed by atoms with Gasteiger partial charge >= 0.3 is 6.03 Å². The number of amides is 3. The molecule has 9 nitrogen and oxygen atoms in total. The van der Waals surface area contributed by atoms with Crippen molar-refractivity contribution in [1.29, 1.82) is 0 Å². The predicted octanol–water partition coefficient (Wildman–Crippen LogP) is 5.46. The number of carbonyl (C=O) groups excluding carboxylic acids is 2. The Bertz CT molecular complexity index is 2170. The molecule has 2 saturated heterocycles. The Hall–Kier alpha value is -5.21. The van der Waals surface area contributed by atoms with E-state index in [4.69, 9.17) is 0 Å². The molecule has 3 amide bonds. The van der Waals surface area contributed by atoms with E-state index >= 15 is 0 Å². The number of nitrogens with zero attached hydrogens (tertiary/aromatic N) is 4. The van der Waals surface area contributed by atoms with E-state index in [2.05, 4.69) is 5.32 Å². The zero-order chi connectivity index (χ0) is 36.0. The van der Waals surface area contributed by atoms with E-state index in [0.717, 1.165) is 0 Å². The smallest absolute Gasteiger partial charge is 0.317 e. The molecule has 4 aromatic carbocycles. The van der Waals surface area contributed by atoms with Gasteiger partial charge in [-0.15, -0.1) is 0 Å². The number of β-amino-alcohol motifs (C(OH)–C–C–N with tert-alkyl or cyclic N) is 2. The fourth-order valence-electron chi connectivity index (χ4n) is 7.10. The second kappa shape index (κ2) is 13.8. The summed E-state index contributed by atoms with van der Waals surface area (Å²) in [6.07, 6.45) is -3.09. The van der Waals surface area contributed by atoms with E-state index < -0.39 is 47.6 Å². The van der Waals surface area contributed by atoms with Crippen LogP contribution in [0.2, 0.25) is 0 Å². The third kappa shape index (κ3) is 6.80. The molecule has 4 heterocycles. The van der Waals surface area contributed by atoms with Crippen molar-refractivity contribution >= 4 is 55.5 Å². The molecule has 2 aliphatic heterocycles. The van der Waals surface area contributed by atoms with E-state index in [1.165, 1.54) is 53.4 Å². The molecule has 8 rings (SSSR count). The lowest BCUT2D eigenvalue weighted by molar-refractivity contribution is -0.133. The number of urea groups is 1. The predicted molar refractivity (Wildman–Crippen MR) is 182 cm³/mol. The standard InChI is InChI=1S/C19H17F3N2O2.C18H17F2N3O2/c20-11-1-3-17-14(7-11)15-8-12(21)2-4-18(15)24(17)10-13(25)9-23-6-5-16(22)19(23)26;19-11-1-3-16-14(7-11)15-8-12(20)2-4-17(15)23(16)10-13(24)9-22-6-5-21-18(22)25/h1-4,7-8,13,16,25H,5-6,9-10H2;1-4,7-8,13,24H,5-6,9-10H2,(H,21,25)/t13-,16+;13-/m00/s1. The van der Waals surface area contributed by atoms with Crippen molar-refractivity contribution in [3.05, 3.63) is 96.1 Å². The van der Waals surface area contributed by atoms with Crippen LogP contribution in [0.5, 0.6) is 0 Å². The molecule has 6 aromatic rings. The van der Waals surface area contributed by atoms with Crippen LogP contribution in [0, 0.1) is 23.3 Å². The number of nitrogens with one attached hydrogen (secondary N) is 1. The number of hydrogen-bond acceptors (Lipinski definition) is 4. The quantitative estimate of drug-likeness (QED) is 0.183. The van der Waals surface area contributed by atoms with Crippen molar-refractivity contribution in [2.45, 2.75) is 37.9 Å². The third-order valence-corrected chi connectivity index (χ3v) is 9.40. The molecular weight excluding hydrogens is 673 g/mol.